The summed E-state index contributed by atoms with van der Waals surface area (Å²) in [5.74, 6) is 0. The zero-order valence-electron chi connectivity index (χ0n) is 11.0. The van der Waals surface area contributed by atoms with Crippen LogP contribution in [0.25, 0.3) is 0 Å². The third-order valence-corrected chi connectivity index (χ3v) is 2.52. The minimum atomic E-state index is -4.76. The minimum absolute atomic E-state index is 0.0742. The van der Waals surface area contributed by atoms with Gasteiger partial charge in [0.1, 0.15) is 5.60 Å². The number of ether oxygens (including phenoxy) is 2. The lowest BCUT2D eigenvalue weighted by atomic mass is 10.2. The van der Waals surface area contributed by atoms with E-state index in [0.29, 0.717) is 0 Å². The summed E-state index contributed by atoms with van der Waals surface area (Å²) in [5.41, 5.74) is -0.750. The smallest absolute Gasteiger partial charge is 0.444 e. The Hall–Kier alpha value is -1.02. The predicted octanol–water partition coefficient (Wildman–Crippen LogP) is 1.89. The molecule has 0 aromatic carbocycles. The number of nitrogens with zero attached hydrogens (tertiary/aromatic N) is 1. The fraction of sp³-hybridized carbons (Fsp3) is 0.909. The van der Waals surface area contributed by atoms with Gasteiger partial charge in [0.2, 0.25) is 0 Å². The van der Waals surface area contributed by atoms with Crippen LogP contribution in [0, 0.1) is 0 Å². The van der Waals surface area contributed by atoms with E-state index in [9.17, 15) is 18.0 Å². The van der Waals surface area contributed by atoms with Crippen molar-refractivity contribution in [3.05, 3.63) is 0 Å². The third kappa shape index (κ3) is 5.23. The third-order valence-electron chi connectivity index (χ3n) is 2.52. The molecular weight excluding hydrogens is 267 g/mol. The van der Waals surface area contributed by atoms with Gasteiger partial charge in [-0.05, 0) is 27.2 Å². The van der Waals surface area contributed by atoms with Crippen LogP contribution in [0.3, 0.4) is 0 Å². The van der Waals surface area contributed by atoms with Gasteiger partial charge >= 0.3 is 12.5 Å². The van der Waals surface area contributed by atoms with E-state index >= 15 is 0 Å². The van der Waals surface area contributed by atoms with Crippen LogP contribution in [0.15, 0.2) is 0 Å². The summed E-state index contributed by atoms with van der Waals surface area (Å²) in [6, 6.07) is -0.720. The van der Waals surface area contributed by atoms with E-state index in [-0.39, 0.29) is 13.0 Å². The highest BCUT2D eigenvalue weighted by Crippen LogP contribution is 2.28. The molecule has 1 saturated heterocycles. The molecule has 5 nitrogen and oxygen atoms in total. The molecule has 1 N–H and O–H groups in total. The van der Waals surface area contributed by atoms with Crippen molar-refractivity contribution in [2.45, 2.75) is 51.3 Å². The molecule has 0 unspecified atom stereocenters. The van der Waals surface area contributed by atoms with E-state index in [2.05, 4.69) is 4.74 Å². The van der Waals surface area contributed by atoms with Gasteiger partial charge < -0.3 is 14.7 Å². The number of likely N-dealkylation sites (tertiary alicyclic amines) is 1. The summed E-state index contributed by atoms with van der Waals surface area (Å²) in [5, 5.41) is 9.11. The quantitative estimate of drug-likeness (QED) is 0.841. The number of carbonyl (C=O) groups is 1. The van der Waals surface area contributed by atoms with Crippen LogP contribution >= 0.6 is 0 Å². The van der Waals surface area contributed by atoms with Gasteiger partial charge in [0.25, 0.3) is 0 Å². The number of hydrogen-bond donors (Lipinski definition) is 1. The molecule has 0 aliphatic carbocycles. The zero-order valence-corrected chi connectivity index (χ0v) is 11.0. The number of carbonyl (C=O) groups excluding carboxylic acids is 1. The monoisotopic (exact) mass is 285 g/mol. The molecule has 0 aromatic heterocycles. The molecule has 8 heteroatoms. The molecule has 19 heavy (non-hydrogen) atoms. The van der Waals surface area contributed by atoms with E-state index in [1.54, 1.807) is 20.8 Å². The first-order valence-corrected chi connectivity index (χ1v) is 5.87. The molecule has 112 valence electrons. The van der Waals surface area contributed by atoms with Gasteiger partial charge in [0.05, 0.1) is 25.3 Å². The highest BCUT2D eigenvalue weighted by Gasteiger charge is 2.43. The zero-order chi connectivity index (χ0) is 14.8. The van der Waals surface area contributed by atoms with Crippen molar-refractivity contribution < 1.29 is 32.5 Å². The van der Waals surface area contributed by atoms with E-state index in [1.807, 2.05) is 0 Å². The fourth-order valence-corrected chi connectivity index (χ4v) is 1.87. The van der Waals surface area contributed by atoms with Gasteiger partial charge in [-0.25, -0.2) is 4.79 Å². The number of hydrogen-bond acceptors (Lipinski definition) is 4. The van der Waals surface area contributed by atoms with Crippen LogP contribution in [0.5, 0.6) is 0 Å². The van der Waals surface area contributed by atoms with Gasteiger partial charge in [0.15, 0.2) is 0 Å². The minimum Gasteiger partial charge on any atom is -0.444 e. The molecule has 2 atom stereocenters. The average molecular weight is 285 g/mol. The van der Waals surface area contributed by atoms with Gasteiger partial charge in [-0.15, -0.1) is 13.2 Å². The first-order chi connectivity index (χ1) is 8.52. The Morgan fingerprint density at radius 1 is 1.37 bits per heavy atom. The lowest BCUT2D eigenvalue weighted by molar-refractivity contribution is -0.340. The Bertz CT molecular complexity index is 327. The highest BCUT2D eigenvalue weighted by atomic mass is 19.4. The Balaban J connectivity index is 2.65. The van der Waals surface area contributed by atoms with Gasteiger partial charge in [-0.2, -0.15) is 0 Å². The van der Waals surface area contributed by atoms with Crippen LogP contribution in [0.2, 0.25) is 0 Å². The van der Waals surface area contributed by atoms with Gasteiger partial charge in [-0.1, -0.05) is 0 Å². The van der Waals surface area contributed by atoms with Gasteiger partial charge in [-0.3, -0.25) is 4.74 Å². The number of amides is 1. The van der Waals surface area contributed by atoms with Crippen LogP contribution in [-0.4, -0.2) is 53.4 Å². The van der Waals surface area contributed by atoms with Crippen LogP contribution < -0.4 is 0 Å². The molecule has 1 fully saturated rings. The van der Waals surface area contributed by atoms with Crippen molar-refractivity contribution in [1.29, 1.82) is 0 Å². The number of halogens is 3. The van der Waals surface area contributed by atoms with Crippen molar-refractivity contribution in [3.63, 3.8) is 0 Å². The number of aliphatic hydroxyl groups excluding tert-OH is 1. The largest absolute Gasteiger partial charge is 0.522 e. The summed E-state index contributed by atoms with van der Waals surface area (Å²) in [6.07, 6.45) is -6.76. The maximum Gasteiger partial charge on any atom is 0.522 e. The summed E-state index contributed by atoms with van der Waals surface area (Å²) in [6.45, 7) is 4.27. The average Bonchev–Trinajstić information content (AvgIpc) is 2.55. The maximum absolute atomic E-state index is 12.1. The molecule has 1 amide bonds. The molecule has 0 aromatic rings. The Kier molecular flexibility index (Phi) is 4.67. The maximum atomic E-state index is 12.1. The molecule has 1 rings (SSSR count). The van der Waals surface area contributed by atoms with E-state index < -0.39 is 36.8 Å². The first-order valence-electron chi connectivity index (χ1n) is 5.87. The Morgan fingerprint density at radius 3 is 2.37 bits per heavy atom. The predicted molar refractivity (Wildman–Crippen MR) is 59.4 cm³/mol. The van der Waals surface area contributed by atoms with Crippen molar-refractivity contribution in [1.82, 2.24) is 4.90 Å². The standard InChI is InChI=1S/C11H18F3NO4/c1-10(2,3)19-9(17)15-5-8(4-7(15)6-16)18-11(12,13)14/h7-8,16H,4-6H2,1-3H3/t7-,8-/m0/s1. The molecule has 1 aliphatic rings. The molecule has 1 heterocycles. The van der Waals surface area contributed by atoms with Crippen LogP contribution in [0.4, 0.5) is 18.0 Å². The van der Waals surface area contributed by atoms with Crippen molar-refractivity contribution in [2.24, 2.45) is 0 Å². The second-order valence-electron chi connectivity index (χ2n) is 5.39. The summed E-state index contributed by atoms with van der Waals surface area (Å²) >= 11 is 0. The topological polar surface area (TPSA) is 59.0 Å². The molecule has 0 spiro atoms. The molecule has 1 aliphatic heterocycles. The SMILES string of the molecule is CC(C)(C)OC(=O)N1C[C@@H](OC(F)(F)F)C[C@H]1CO. The Labute approximate surface area is 109 Å². The van der Waals surface area contributed by atoms with Crippen molar-refractivity contribution in [3.8, 4) is 0 Å². The molecule has 0 saturated carbocycles. The Morgan fingerprint density at radius 2 is 1.95 bits per heavy atom. The first kappa shape index (κ1) is 16.0. The normalized spacial score (nSPS) is 24.7. The fourth-order valence-electron chi connectivity index (χ4n) is 1.87. The second kappa shape index (κ2) is 5.54. The summed E-state index contributed by atoms with van der Waals surface area (Å²) in [4.78, 5) is 12.9. The highest BCUT2D eigenvalue weighted by molar-refractivity contribution is 5.69. The second-order valence-corrected chi connectivity index (χ2v) is 5.39. The number of aliphatic hydroxyl groups is 1. The van der Waals surface area contributed by atoms with Crippen LogP contribution in [-0.2, 0) is 9.47 Å². The lowest BCUT2D eigenvalue weighted by Gasteiger charge is -2.27. The van der Waals surface area contributed by atoms with E-state index in [4.69, 9.17) is 9.84 Å². The summed E-state index contributed by atoms with van der Waals surface area (Å²) < 4.78 is 45.3. The van der Waals surface area contributed by atoms with Crippen molar-refractivity contribution >= 4 is 6.09 Å². The number of rotatable bonds is 2. The molecular formula is C11H18F3NO4. The van der Waals surface area contributed by atoms with Crippen LogP contribution in [0.1, 0.15) is 27.2 Å². The van der Waals surface area contributed by atoms with E-state index in [1.165, 1.54) is 0 Å². The van der Waals surface area contributed by atoms with Crippen molar-refractivity contribution in [2.75, 3.05) is 13.2 Å². The van der Waals surface area contributed by atoms with Gasteiger partial charge in [0, 0.05) is 0 Å². The number of alkyl halides is 3. The summed E-state index contributed by atoms with van der Waals surface area (Å²) in [7, 11) is 0. The molecule has 0 bridgehead atoms. The molecule has 0 radical (unpaired) electrons. The lowest BCUT2D eigenvalue weighted by Crippen LogP contribution is -2.41. The van der Waals surface area contributed by atoms with E-state index in [0.717, 1.165) is 4.90 Å².